The van der Waals surface area contributed by atoms with E-state index >= 15 is 0 Å². The van der Waals surface area contributed by atoms with Crippen LogP contribution in [0.15, 0.2) is 53.4 Å². The van der Waals surface area contributed by atoms with Gasteiger partial charge < -0.3 is 4.90 Å². The lowest BCUT2D eigenvalue weighted by Crippen LogP contribution is -2.49. The minimum atomic E-state index is -3.37. The molecule has 2 bridgehead atoms. The van der Waals surface area contributed by atoms with Crippen molar-refractivity contribution in [3.05, 3.63) is 64.1 Å². The molecule has 2 fully saturated rings. The maximum Gasteiger partial charge on any atom is 0.223 e. The maximum atomic E-state index is 13.0. The highest BCUT2D eigenvalue weighted by atomic mass is 35.5. The van der Waals surface area contributed by atoms with Crippen molar-refractivity contribution in [3.8, 4) is 0 Å². The minimum absolute atomic E-state index is 0.00502. The Morgan fingerprint density at radius 2 is 1.66 bits per heavy atom. The van der Waals surface area contributed by atoms with Crippen LogP contribution in [0.4, 0.5) is 0 Å². The van der Waals surface area contributed by atoms with E-state index in [0.717, 1.165) is 18.4 Å². The van der Waals surface area contributed by atoms with Gasteiger partial charge in [0.15, 0.2) is 9.84 Å². The fourth-order valence-corrected chi connectivity index (χ4v) is 7.06. The average molecular weight is 452 g/mol. The Morgan fingerprint density at radius 3 is 2.28 bits per heavy atom. The van der Waals surface area contributed by atoms with E-state index in [-0.39, 0.29) is 18.0 Å². The van der Waals surface area contributed by atoms with Crippen LogP contribution >= 0.6 is 23.2 Å². The van der Waals surface area contributed by atoms with Crippen LogP contribution in [0.1, 0.15) is 37.7 Å². The Bertz CT molecular complexity index is 996. The van der Waals surface area contributed by atoms with Gasteiger partial charge in [-0.3, -0.25) is 4.79 Å². The molecule has 0 radical (unpaired) electrons. The topological polar surface area (TPSA) is 54.5 Å². The monoisotopic (exact) mass is 451 g/mol. The number of hydrogen-bond donors (Lipinski definition) is 0. The van der Waals surface area contributed by atoms with E-state index in [4.69, 9.17) is 23.2 Å². The molecule has 2 aliphatic heterocycles. The van der Waals surface area contributed by atoms with E-state index in [1.165, 1.54) is 0 Å². The number of sulfone groups is 1. The summed E-state index contributed by atoms with van der Waals surface area (Å²) in [6.07, 6.45) is 3.70. The Hall–Kier alpha value is -1.56. The van der Waals surface area contributed by atoms with Gasteiger partial charge in [0, 0.05) is 28.5 Å². The van der Waals surface area contributed by atoms with Crippen LogP contribution in [-0.2, 0) is 21.1 Å². The molecular formula is C22H23Cl2NO3S. The summed E-state index contributed by atoms with van der Waals surface area (Å²) in [6.45, 7) is 0. The van der Waals surface area contributed by atoms with Crippen molar-refractivity contribution in [2.75, 3.05) is 0 Å². The molecule has 2 aromatic rings. The third-order valence-electron chi connectivity index (χ3n) is 6.11. The summed E-state index contributed by atoms with van der Waals surface area (Å²) in [4.78, 5) is 15.3. The molecule has 0 saturated carbocycles. The molecule has 0 N–H and O–H groups in total. The summed E-state index contributed by atoms with van der Waals surface area (Å²) in [5, 5.41) is 0.725. The molecule has 4 nitrogen and oxygen atoms in total. The van der Waals surface area contributed by atoms with E-state index in [9.17, 15) is 13.2 Å². The van der Waals surface area contributed by atoms with Crippen LogP contribution in [0.25, 0.3) is 0 Å². The molecule has 154 valence electrons. The molecule has 29 heavy (non-hydrogen) atoms. The minimum Gasteiger partial charge on any atom is -0.337 e. The highest BCUT2D eigenvalue weighted by Gasteiger charge is 2.46. The van der Waals surface area contributed by atoms with Gasteiger partial charge in [0.1, 0.15) is 0 Å². The number of benzene rings is 2. The number of carbonyl (C=O) groups excluding carboxylic acids is 1. The molecule has 0 aromatic heterocycles. The van der Waals surface area contributed by atoms with Gasteiger partial charge in [-0.25, -0.2) is 8.42 Å². The van der Waals surface area contributed by atoms with Crippen LogP contribution in [-0.4, -0.2) is 36.6 Å². The Kier molecular flexibility index (Phi) is 5.92. The molecule has 2 aromatic carbocycles. The normalized spacial score (nSPS) is 23.9. The zero-order valence-corrected chi connectivity index (χ0v) is 18.3. The van der Waals surface area contributed by atoms with Gasteiger partial charge in [0.2, 0.25) is 5.91 Å². The molecule has 2 aliphatic rings. The molecule has 7 heteroatoms. The lowest BCUT2D eigenvalue weighted by Gasteiger charge is -2.38. The van der Waals surface area contributed by atoms with Gasteiger partial charge in [-0.1, -0.05) is 47.5 Å². The molecular weight excluding hydrogens is 429 g/mol. The van der Waals surface area contributed by atoms with Gasteiger partial charge in [0.05, 0.1) is 10.1 Å². The number of halogens is 2. The molecule has 0 spiro atoms. The second kappa shape index (κ2) is 8.29. The SMILES string of the molecule is O=C(CCc1ccc(Cl)cc1Cl)N1C2CCC1CC(S(=O)(=O)c1ccccc1)C2. The largest absolute Gasteiger partial charge is 0.337 e. The predicted octanol–water partition coefficient (Wildman–Crippen LogP) is 4.92. The second-order valence-electron chi connectivity index (χ2n) is 7.87. The van der Waals surface area contributed by atoms with Crippen LogP contribution in [0.3, 0.4) is 0 Å². The molecule has 2 unspecified atom stereocenters. The number of amides is 1. The van der Waals surface area contributed by atoms with E-state index in [2.05, 4.69) is 0 Å². The molecule has 4 rings (SSSR count). The van der Waals surface area contributed by atoms with Gasteiger partial charge in [-0.15, -0.1) is 0 Å². The fraction of sp³-hybridized carbons (Fsp3) is 0.409. The van der Waals surface area contributed by atoms with Gasteiger partial charge >= 0.3 is 0 Å². The maximum absolute atomic E-state index is 13.0. The van der Waals surface area contributed by atoms with E-state index in [1.54, 1.807) is 36.4 Å². The summed E-state index contributed by atoms with van der Waals surface area (Å²) >= 11 is 12.2. The summed E-state index contributed by atoms with van der Waals surface area (Å²) in [5.74, 6) is 0.0825. The zero-order valence-electron chi connectivity index (χ0n) is 15.9. The van der Waals surface area contributed by atoms with Crippen molar-refractivity contribution in [1.82, 2.24) is 4.90 Å². The number of rotatable bonds is 5. The van der Waals surface area contributed by atoms with Crippen LogP contribution in [0, 0.1) is 0 Å². The lowest BCUT2D eigenvalue weighted by molar-refractivity contribution is -0.135. The number of piperidine rings is 1. The standard InChI is InChI=1S/C22H23Cl2NO3S/c23-16-8-6-15(21(24)12-16)7-11-22(26)25-17-9-10-18(25)14-20(13-17)29(27,28)19-4-2-1-3-5-19/h1-6,8,12,17-18,20H,7,9-11,13-14H2. The zero-order chi connectivity index (χ0) is 20.6. The second-order valence-corrected chi connectivity index (χ2v) is 10.9. The third kappa shape index (κ3) is 4.18. The lowest BCUT2D eigenvalue weighted by atomic mass is 10.0. The molecule has 0 aliphatic carbocycles. The first-order chi connectivity index (χ1) is 13.9. The highest BCUT2D eigenvalue weighted by molar-refractivity contribution is 7.92. The fourth-order valence-electron chi connectivity index (χ4n) is 4.69. The van der Waals surface area contributed by atoms with E-state index in [0.29, 0.717) is 40.6 Å². The summed E-state index contributed by atoms with van der Waals surface area (Å²) in [5.41, 5.74) is 0.901. The first kappa shape index (κ1) is 20.7. The van der Waals surface area contributed by atoms with Crippen molar-refractivity contribution >= 4 is 38.9 Å². The van der Waals surface area contributed by atoms with E-state index < -0.39 is 15.1 Å². The number of hydrogen-bond acceptors (Lipinski definition) is 3. The van der Waals surface area contributed by atoms with Crippen molar-refractivity contribution in [3.63, 3.8) is 0 Å². The average Bonchev–Trinajstić information content (AvgIpc) is 2.97. The summed E-state index contributed by atoms with van der Waals surface area (Å²) in [6, 6.07) is 14.0. The number of aryl methyl sites for hydroxylation is 1. The molecule has 2 saturated heterocycles. The smallest absolute Gasteiger partial charge is 0.223 e. The highest BCUT2D eigenvalue weighted by Crippen LogP contribution is 2.40. The molecule has 1 amide bonds. The quantitative estimate of drug-likeness (QED) is 0.647. The Balaban J connectivity index is 1.43. The Morgan fingerprint density at radius 1 is 1.00 bits per heavy atom. The van der Waals surface area contributed by atoms with Crippen LogP contribution in [0.2, 0.25) is 10.0 Å². The first-order valence-corrected chi connectivity index (χ1v) is 12.2. The number of carbonyl (C=O) groups is 1. The Labute approximate surface area is 181 Å². The van der Waals surface area contributed by atoms with Crippen LogP contribution < -0.4 is 0 Å². The third-order valence-corrected chi connectivity index (χ3v) is 8.89. The van der Waals surface area contributed by atoms with E-state index in [1.807, 2.05) is 17.0 Å². The molecule has 2 atom stereocenters. The van der Waals surface area contributed by atoms with Crippen LogP contribution in [0.5, 0.6) is 0 Å². The summed E-state index contributed by atoms with van der Waals surface area (Å²) in [7, 11) is -3.37. The van der Waals surface area contributed by atoms with Gasteiger partial charge in [-0.2, -0.15) is 0 Å². The van der Waals surface area contributed by atoms with Gasteiger partial charge in [0.25, 0.3) is 0 Å². The predicted molar refractivity (Wildman–Crippen MR) is 115 cm³/mol. The van der Waals surface area contributed by atoms with Gasteiger partial charge in [-0.05, 0) is 61.9 Å². The van der Waals surface area contributed by atoms with Crippen molar-refractivity contribution < 1.29 is 13.2 Å². The van der Waals surface area contributed by atoms with Crippen molar-refractivity contribution in [2.24, 2.45) is 0 Å². The number of fused-ring (bicyclic) bond motifs is 2. The first-order valence-electron chi connectivity index (χ1n) is 9.90. The number of nitrogens with zero attached hydrogens (tertiary/aromatic N) is 1. The molecule has 2 heterocycles. The summed E-state index contributed by atoms with van der Waals surface area (Å²) < 4.78 is 26.1. The van der Waals surface area contributed by atoms with Crippen molar-refractivity contribution in [2.45, 2.75) is 60.8 Å². The van der Waals surface area contributed by atoms with Crippen molar-refractivity contribution in [1.29, 1.82) is 0 Å².